The number of aromatic nitrogens is 2. The summed E-state index contributed by atoms with van der Waals surface area (Å²) in [7, 11) is 4.95. The zero-order chi connectivity index (χ0) is 27.5. The van der Waals surface area contributed by atoms with Gasteiger partial charge in [0.2, 0.25) is 0 Å². The molecule has 4 aromatic rings. The Bertz CT molecular complexity index is 1480. The minimum Gasteiger partial charge on any atom is -0.495 e. The van der Waals surface area contributed by atoms with E-state index in [2.05, 4.69) is 32.1 Å². The lowest BCUT2D eigenvalue weighted by molar-refractivity contribution is 0.102. The van der Waals surface area contributed by atoms with E-state index in [0.717, 1.165) is 38.3 Å². The number of fused-ring (bicyclic) bond motifs is 1. The van der Waals surface area contributed by atoms with Crippen molar-refractivity contribution in [2.45, 2.75) is 6.54 Å². The summed E-state index contributed by atoms with van der Waals surface area (Å²) >= 11 is 6.53. The van der Waals surface area contributed by atoms with Crippen molar-refractivity contribution in [1.82, 2.24) is 19.8 Å². The predicted octanol–water partition coefficient (Wildman–Crippen LogP) is 5.11. The molecule has 0 atom stereocenters. The molecule has 0 spiro atoms. The van der Waals surface area contributed by atoms with E-state index in [0.29, 0.717) is 27.8 Å². The fourth-order valence-corrected chi connectivity index (χ4v) is 5.05. The Labute approximate surface area is 231 Å². The van der Waals surface area contributed by atoms with Crippen LogP contribution >= 0.6 is 11.6 Å². The number of halogens is 2. The summed E-state index contributed by atoms with van der Waals surface area (Å²) in [6, 6.07) is 11.9. The van der Waals surface area contributed by atoms with Crippen LogP contribution in [0.4, 0.5) is 10.2 Å². The van der Waals surface area contributed by atoms with E-state index >= 15 is 4.39 Å². The average Bonchev–Trinajstić information content (AvgIpc) is 2.95. The lowest BCUT2D eigenvalue weighted by atomic mass is 9.96. The number of hydrogen-bond acceptors (Lipinski definition) is 7. The van der Waals surface area contributed by atoms with Gasteiger partial charge in [0.25, 0.3) is 5.91 Å². The number of carbonyl (C=O) groups excluding carboxylic acids is 1. The smallest absolute Gasteiger partial charge is 0.259 e. The first kappa shape index (κ1) is 26.8. The lowest BCUT2D eigenvalue weighted by Crippen LogP contribution is -2.43. The summed E-state index contributed by atoms with van der Waals surface area (Å²) in [5, 5.41) is 3.50. The highest BCUT2D eigenvalue weighted by molar-refractivity contribution is 6.35. The largest absolute Gasteiger partial charge is 0.495 e. The van der Waals surface area contributed by atoms with Crippen molar-refractivity contribution in [3.8, 4) is 22.6 Å². The first-order valence-electron chi connectivity index (χ1n) is 12.5. The summed E-state index contributed by atoms with van der Waals surface area (Å²) in [4.78, 5) is 26.9. The molecule has 202 valence electrons. The van der Waals surface area contributed by atoms with E-state index in [4.69, 9.17) is 21.1 Å². The number of rotatable bonds is 7. The van der Waals surface area contributed by atoms with E-state index < -0.39 is 5.82 Å². The first-order valence-corrected chi connectivity index (χ1v) is 12.9. The molecule has 1 amide bonds. The Morgan fingerprint density at radius 3 is 2.51 bits per heavy atom. The molecule has 5 rings (SSSR count). The molecular formula is C29H29ClFN5O3. The van der Waals surface area contributed by atoms with Gasteiger partial charge in [-0.15, -0.1) is 0 Å². The number of nitrogens with one attached hydrogen (secondary N) is 1. The zero-order valence-corrected chi connectivity index (χ0v) is 22.8. The molecule has 1 fully saturated rings. The van der Waals surface area contributed by atoms with Gasteiger partial charge < -0.3 is 19.7 Å². The maximum Gasteiger partial charge on any atom is 0.259 e. The van der Waals surface area contributed by atoms with Gasteiger partial charge in [0.15, 0.2) is 11.6 Å². The number of pyridine rings is 2. The zero-order valence-electron chi connectivity index (χ0n) is 22.0. The van der Waals surface area contributed by atoms with E-state index in [1.54, 1.807) is 42.7 Å². The molecule has 0 saturated carbocycles. The minimum absolute atomic E-state index is 0.00717. The summed E-state index contributed by atoms with van der Waals surface area (Å²) < 4.78 is 26.0. The monoisotopic (exact) mass is 549 g/mol. The third-order valence-electron chi connectivity index (χ3n) is 6.93. The fraction of sp³-hybridized carbons (Fsp3) is 0.276. The van der Waals surface area contributed by atoms with Crippen LogP contribution in [0.2, 0.25) is 5.02 Å². The highest BCUT2D eigenvalue weighted by atomic mass is 35.5. The highest BCUT2D eigenvalue weighted by Crippen LogP contribution is 2.44. The topological polar surface area (TPSA) is 79.8 Å². The summed E-state index contributed by atoms with van der Waals surface area (Å²) in [6.45, 7) is 4.95. The molecule has 1 aliphatic rings. The Morgan fingerprint density at radius 2 is 1.82 bits per heavy atom. The number of piperazine rings is 1. The molecule has 2 aromatic carbocycles. The second-order valence-corrected chi connectivity index (χ2v) is 9.81. The third-order valence-corrected chi connectivity index (χ3v) is 7.30. The van der Waals surface area contributed by atoms with Gasteiger partial charge in [0.1, 0.15) is 11.6 Å². The predicted molar refractivity (Wildman–Crippen MR) is 150 cm³/mol. The van der Waals surface area contributed by atoms with Crippen molar-refractivity contribution < 1.29 is 18.7 Å². The van der Waals surface area contributed by atoms with Crippen molar-refractivity contribution in [2.75, 3.05) is 52.8 Å². The molecule has 0 aliphatic carbocycles. The maximum atomic E-state index is 15.4. The fourth-order valence-electron chi connectivity index (χ4n) is 4.74. The average molecular weight is 550 g/mol. The van der Waals surface area contributed by atoms with Crippen molar-refractivity contribution in [3.63, 3.8) is 0 Å². The second kappa shape index (κ2) is 11.5. The Balaban J connectivity index is 1.42. The molecule has 39 heavy (non-hydrogen) atoms. The molecule has 10 heteroatoms. The Kier molecular flexibility index (Phi) is 7.92. The van der Waals surface area contributed by atoms with Crippen LogP contribution < -0.4 is 14.8 Å². The number of methoxy groups -OCH3 is 2. The molecule has 0 unspecified atom stereocenters. The van der Waals surface area contributed by atoms with E-state index in [-0.39, 0.29) is 28.0 Å². The van der Waals surface area contributed by atoms with Gasteiger partial charge in [0, 0.05) is 62.1 Å². The summed E-state index contributed by atoms with van der Waals surface area (Å²) in [6.07, 6.45) is 3.37. The van der Waals surface area contributed by atoms with Crippen molar-refractivity contribution in [2.24, 2.45) is 0 Å². The van der Waals surface area contributed by atoms with E-state index in [1.807, 2.05) is 6.07 Å². The van der Waals surface area contributed by atoms with Gasteiger partial charge in [0.05, 0.1) is 30.3 Å². The van der Waals surface area contributed by atoms with E-state index in [1.165, 1.54) is 20.3 Å². The van der Waals surface area contributed by atoms with Crippen molar-refractivity contribution in [3.05, 3.63) is 76.8 Å². The molecule has 0 radical (unpaired) electrons. The summed E-state index contributed by atoms with van der Waals surface area (Å²) in [5.74, 6) is -0.314. The molecule has 0 bridgehead atoms. The van der Waals surface area contributed by atoms with Crippen LogP contribution in [0, 0.1) is 5.82 Å². The standard InChI is InChI=1S/C29H29ClFN5O3/c1-35-11-13-36(14-12-35)17-18-6-9-24(33-16-18)34-29(37)21-8-7-19(20-5-4-10-32-28(20)21)25-26(30)22(38-2)15-23(39-3)27(25)31/h4-10,15-16H,11-14,17H2,1-3H3,(H,33,34,37). The number of nitrogens with zero attached hydrogens (tertiary/aromatic N) is 4. The molecule has 1 aliphatic heterocycles. The van der Waals surface area contributed by atoms with Crippen LogP contribution in [0.1, 0.15) is 15.9 Å². The SMILES string of the molecule is COc1cc(OC)c(Cl)c(-c2ccc(C(=O)Nc3ccc(CN4CCN(C)CC4)cn3)c3ncccc23)c1F. The molecule has 2 aromatic heterocycles. The van der Waals surface area contributed by atoms with Crippen LogP contribution in [-0.4, -0.2) is 73.1 Å². The maximum absolute atomic E-state index is 15.4. The normalized spacial score (nSPS) is 14.4. The summed E-state index contributed by atoms with van der Waals surface area (Å²) in [5.41, 5.74) is 2.37. The second-order valence-electron chi connectivity index (χ2n) is 9.43. The number of hydrogen-bond donors (Lipinski definition) is 1. The van der Waals surface area contributed by atoms with Crippen LogP contribution in [-0.2, 0) is 6.54 Å². The van der Waals surface area contributed by atoms with Crippen molar-refractivity contribution in [1.29, 1.82) is 0 Å². The van der Waals surface area contributed by atoms with Gasteiger partial charge >= 0.3 is 0 Å². The molecule has 3 heterocycles. The first-order chi connectivity index (χ1) is 18.9. The number of likely N-dealkylation sites (N-methyl/N-ethyl adjacent to an activating group) is 1. The number of amides is 1. The van der Waals surface area contributed by atoms with Crippen LogP contribution in [0.15, 0.2) is 54.9 Å². The minimum atomic E-state index is -0.633. The number of ether oxygens (including phenoxy) is 2. The Morgan fingerprint density at radius 1 is 1.05 bits per heavy atom. The quantitative estimate of drug-likeness (QED) is 0.343. The van der Waals surface area contributed by atoms with Gasteiger partial charge in [-0.1, -0.05) is 29.8 Å². The van der Waals surface area contributed by atoms with Gasteiger partial charge in [-0.05, 0) is 36.4 Å². The Hall–Kier alpha value is -3.79. The van der Waals surface area contributed by atoms with Gasteiger partial charge in [-0.2, -0.15) is 0 Å². The van der Waals surface area contributed by atoms with Crippen LogP contribution in [0.25, 0.3) is 22.0 Å². The van der Waals surface area contributed by atoms with Gasteiger partial charge in [-0.3, -0.25) is 14.7 Å². The number of anilines is 1. The van der Waals surface area contributed by atoms with E-state index in [9.17, 15) is 4.79 Å². The number of benzene rings is 2. The van der Waals surface area contributed by atoms with Gasteiger partial charge in [-0.25, -0.2) is 9.37 Å². The number of carbonyl (C=O) groups is 1. The molecule has 1 saturated heterocycles. The highest BCUT2D eigenvalue weighted by Gasteiger charge is 2.23. The molecule has 8 nitrogen and oxygen atoms in total. The van der Waals surface area contributed by atoms with Crippen molar-refractivity contribution >= 4 is 34.2 Å². The lowest BCUT2D eigenvalue weighted by Gasteiger charge is -2.32. The third kappa shape index (κ3) is 5.52. The molecular weight excluding hydrogens is 521 g/mol. The molecule has 1 N–H and O–H groups in total. The van der Waals surface area contributed by atoms with Crippen LogP contribution in [0.3, 0.4) is 0 Å². The van der Waals surface area contributed by atoms with Crippen LogP contribution in [0.5, 0.6) is 11.5 Å².